The van der Waals surface area contributed by atoms with E-state index >= 15 is 5.21 Å². The molecule has 4 atom stereocenters. The minimum Gasteiger partial charge on any atom is -0.578 e. The van der Waals surface area contributed by atoms with Crippen molar-refractivity contribution in [1.29, 1.82) is 0 Å². The van der Waals surface area contributed by atoms with Crippen LogP contribution in [0.5, 0.6) is 17.2 Å². The largest absolute Gasteiger partial charge is 0.578 e. The van der Waals surface area contributed by atoms with Gasteiger partial charge >= 0.3 is 47.4 Å². The molecule has 0 spiro atoms. The molecule has 0 radical (unpaired) electrons. The first-order valence-electron chi connectivity index (χ1n) is 18.0. The summed E-state index contributed by atoms with van der Waals surface area (Å²) < 4.78 is 27.9. The van der Waals surface area contributed by atoms with Gasteiger partial charge in [0.1, 0.15) is 5.75 Å². The highest BCUT2D eigenvalue weighted by Gasteiger charge is 2.73. The van der Waals surface area contributed by atoms with E-state index in [1.807, 2.05) is 0 Å². The number of hydrogen-bond acceptors (Lipinski definition) is 16. The van der Waals surface area contributed by atoms with Crippen LogP contribution in [-0.4, -0.2) is 62.9 Å². The van der Waals surface area contributed by atoms with Gasteiger partial charge in [-0.3, -0.25) is 38.4 Å². The molecular weight excluding hydrogens is 764 g/mol. The predicted octanol–water partition coefficient (Wildman–Crippen LogP) is 4.85. The molecule has 0 N–H and O–H groups in total. The number of ether oxygens (including phenoxy) is 5. The fourth-order valence-corrected chi connectivity index (χ4v) is 6.58. The Bertz CT molecular complexity index is 2250. The fourth-order valence-electron chi connectivity index (χ4n) is 6.58. The van der Waals surface area contributed by atoms with Crippen molar-refractivity contribution >= 4 is 58.5 Å². The van der Waals surface area contributed by atoms with Crippen LogP contribution in [0.25, 0.3) is 11.1 Å². The van der Waals surface area contributed by atoms with Gasteiger partial charge < -0.3 is 33.7 Å². The summed E-state index contributed by atoms with van der Waals surface area (Å²) in [6, 6.07) is 8.77. The predicted molar refractivity (Wildman–Crippen MR) is 196 cm³/mol. The number of allylic oxidation sites excluding steroid dienone is 3. The summed E-state index contributed by atoms with van der Waals surface area (Å²) in [7, 11) is 0. The van der Waals surface area contributed by atoms with Crippen LogP contribution < -0.4 is 14.3 Å². The number of Topliss-reactive ketones (excluding diaryl/α,β-unsaturated/α-hetero) is 2. The SMILES string of the molecule is CC[C@H](C)C1=C(OC(C)=O)[N@+]2([O-])Oc3ccc(C4=C(OC(C)=O)C(OC(C)=O)=C(c5ccc(OC(C)=O)cc5)C(=O)C4=O)cc3O[C@]2([C@@H](C)CC)C(=O)N1OC(C)=O. The summed E-state index contributed by atoms with van der Waals surface area (Å²) in [4.78, 5) is 114. The van der Waals surface area contributed by atoms with E-state index in [4.69, 9.17) is 33.4 Å². The Morgan fingerprint density at radius 1 is 0.707 bits per heavy atom. The molecule has 18 nitrogen and oxygen atoms in total. The van der Waals surface area contributed by atoms with E-state index in [1.165, 1.54) is 44.2 Å². The Hall–Kier alpha value is -6.66. The van der Waals surface area contributed by atoms with Crippen LogP contribution in [0.2, 0.25) is 0 Å². The number of esters is 4. The van der Waals surface area contributed by atoms with E-state index in [-0.39, 0.29) is 46.9 Å². The molecule has 58 heavy (non-hydrogen) atoms. The van der Waals surface area contributed by atoms with E-state index in [1.54, 1.807) is 20.8 Å². The van der Waals surface area contributed by atoms with Crippen molar-refractivity contribution in [2.24, 2.45) is 11.8 Å². The second-order valence-electron chi connectivity index (χ2n) is 13.6. The Morgan fingerprint density at radius 3 is 1.71 bits per heavy atom. The number of quaternary nitrogens is 1. The highest BCUT2D eigenvalue weighted by molar-refractivity contribution is 6.67. The number of hydrogen-bond donors (Lipinski definition) is 0. The minimum atomic E-state index is -2.72. The lowest BCUT2D eigenvalue weighted by atomic mass is 9.85. The van der Waals surface area contributed by atoms with E-state index in [2.05, 4.69) is 0 Å². The van der Waals surface area contributed by atoms with E-state index in [0.717, 1.165) is 39.8 Å². The number of rotatable bonds is 11. The topological polar surface area (TPSA) is 227 Å². The maximum Gasteiger partial charge on any atom is 0.375 e. The second-order valence-corrected chi connectivity index (χ2v) is 13.6. The Kier molecular flexibility index (Phi) is 11.8. The zero-order valence-electron chi connectivity index (χ0n) is 33.0. The third kappa shape index (κ3) is 7.34. The fraction of sp³-hybridized carbons (Fsp3) is 0.350. The smallest absolute Gasteiger partial charge is 0.375 e. The van der Waals surface area contributed by atoms with Crippen molar-refractivity contribution in [3.8, 4) is 17.2 Å². The van der Waals surface area contributed by atoms with Gasteiger partial charge in [-0.1, -0.05) is 44.6 Å². The second kappa shape index (κ2) is 16.1. The molecule has 5 rings (SSSR count). The summed E-state index contributed by atoms with van der Waals surface area (Å²) in [6.45, 7) is 11.7. The molecule has 0 fully saturated rings. The van der Waals surface area contributed by atoms with Gasteiger partial charge in [0.15, 0.2) is 23.0 Å². The molecule has 0 saturated heterocycles. The Morgan fingerprint density at radius 2 is 1.22 bits per heavy atom. The Balaban J connectivity index is 1.80. The van der Waals surface area contributed by atoms with Crippen LogP contribution in [0, 0.1) is 17.0 Å². The first-order valence-corrected chi connectivity index (χ1v) is 18.0. The van der Waals surface area contributed by atoms with Gasteiger partial charge in [0.05, 0.1) is 17.1 Å². The molecule has 18 heteroatoms. The van der Waals surface area contributed by atoms with Crippen LogP contribution in [0.3, 0.4) is 0 Å². The molecule has 2 aliphatic heterocycles. The molecule has 0 saturated carbocycles. The first kappa shape index (κ1) is 42.5. The molecule has 0 aromatic heterocycles. The highest BCUT2D eigenvalue weighted by atomic mass is 17.0. The van der Waals surface area contributed by atoms with Gasteiger partial charge in [-0.15, -0.1) is 5.06 Å². The summed E-state index contributed by atoms with van der Waals surface area (Å²) in [5, 5.41) is 16.0. The number of ketones is 2. The van der Waals surface area contributed by atoms with Crippen molar-refractivity contribution in [2.75, 3.05) is 0 Å². The highest BCUT2D eigenvalue weighted by Crippen LogP contribution is 2.54. The summed E-state index contributed by atoms with van der Waals surface area (Å²) in [5.74, 6) is -12.5. The van der Waals surface area contributed by atoms with Crippen LogP contribution in [0.1, 0.15) is 86.3 Å². The number of fused-ring (bicyclic) bond motifs is 2. The van der Waals surface area contributed by atoms with Crippen molar-refractivity contribution < 1.29 is 76.5 Å². The molecular formula is C40H40N2O16. The summed E-state index contributed by atoms with van der Waals surface area (Å²) in [5.41, 5.74) is -4.18. The maximum atomic E-state index is 15.4. The van der Waals surface area contributed by atoms with Crippen molar-refractivity contribution in [3.63, 3.8) is 0 Å². The van der Waals surface area contributed by atoms with E-state index < -0.39 is 98.2 Å². The quantitative estimate of drug-likeness (QED) is 0.0562. The molecule has 2 heterocycles. The molecule has 306 valence electrons. The molecule has 0 unspecified atom stereocenters. The Labute approximate surface area is 331 Å². The molecule has 2 aromatic rings. The van der Waals surface area contributed by atoms with Crippen LogP contribution in [0.4, 0.5) is 0 Å². The van der Waals surface area contributed by atoms with Gasteiger partial charge in [0, 0.05) is 40.5 Å². The van der Waals surface area contributed by atoms with Crippen LogP contribution >= 0.6 is 0 Å². The number of carbonyl (C=O) groups is 8. The lowest BCUT2D eigenvalue weighted by molar-refractivity contribution is -1.08. The molecule has 0 bridgehead atoms. The van der Waals surface area contributed by atoms with Crippen LogP contribution in [0.15, 0.2) is 65.6 Å². The number of amides is 1. The van der Waals surface area contributed by atoms with Gasteiger partial charge in [-0.2, -0.15) is 0 Å². The molecule has 1 aliphatic carbocycles. The lowest BCUT2D eigenvalue weighted by Crippen LogP contribution is -2.78. The average Bonchev–Trinajstić information content (AvgIpc) is 3.14. The zero-order chi connectivity index (χ0) is 43.0. The molecule has 1 amide bonds. The normalized spacial score (nSPS) is 21.2. The number of hydroxylamine groups is 6. The number of benzene rings is 2. The summed E-state index contributed by atoms with van der Waals surface area (Å²) >= 11 is 0. The summed E-state index contributed by atoms with van der Waals surface area (Å²) in [6.07, 6.45) is 0.349. The van der Waals surface area contributed by atoms with Gasteiger partial charge in [-0.25, -0.2) is 4.79 Å². The van der Waals surface area contributed by atoms with Crippen molar-refractivity contribution in [2.45, 2.75) is 80.9 Å². The van der Waals surface area contributed by atoms with Crippen molar-refractivity contribution in [3.05, 3.63) is 81.9 Å². The molecule has 3 aliphatic rings. The zero-order valence-corrected chi connectivity index (χ0v) is 33.0. The monoisotopic (exact) mass is 804 g/mol. The molecule has 2 aromatic carbocycles. The third-order valence-corrected chi connectivity index (χ3v) is 9.39. The minimum absolute atomic E-state index is 0.0259. The number of nitrogens with zero attached hydrogens (tertiary/aromatic N) is 2. The van der Waals surface area contributed by atoms with Crippen molar-refractivity contribution in [1.82, 2.24) is 5.06 Å². The maximum absolute atomic E-state index is 15.4. The van der Waals surface area contributed by atoms with Gasteiger partial charge in [0.2, 0.25) is 17.3 Å². The third-order valence-electron chi connectivity index (χ3n) is 9.39. The van der Waals surface area contributed by atoms with Gasteiger partial charge in [0.25, 0.3) is 0 Å². The van der Waals surface area contributed by atoms with E-state index in [0.29, 0.717) is 5.06 Å². The van der Waals surface area contributed by atoms with Gasteiger partial charge in [-0.05, 0) is 54.3 Å². The van der Waals surface area contributed by atoms with E-state index in [9.17, 15) is 38.4 Å². The van der Waals surface area contributed by atoms with Crippen LogP contribution in [-0.2, 0) is 57.4 Å². The first-order chi connectivity index (χ1) is 27.2. The lowest BCUT2D eigenvalue weighted by Gasteiger charge is -2.57. The number of carbonyl (C=O) groups excluding carboxylic acids is 8. The average molecular weight is 805 g/mol. The standard InChI is InChI=1S/C40H40N2O16/c1-10-19(3)33-38(55-24(8)46)42(51)40(20(4)11-2,39(50)41(33)57-25(9)47)56-30-18-27(14-17-29(30)58-42)32-35(49)34(48)31(26-12-15-28(16-13-26)52-21(5)43)36(53-22(6)44)37(32)54-23(7)45/h12-20H,10-11H2,1-9H3/t19-,20-,40+,42-/m0/s1.